The first-order valence-electron chi connectivity index (χ1n) is 8.01. The standard InChI is InChI=1S/C17H15ClN6O2/c18-12-8-19-5-3-13(12)21-14(25)9-24-6-4-11-15(24)22-17(23-16(11)26)20-7-10-1-2-10/h1-6,8,10H,7,9H2,(H,19,21,25)(H2,20,22,23,26). The Hall–Kier alpha value is -3.13. The van der Waals surface area contributed by atoms with E-state index in [0.717, 1.165) is 0 Å². The van der Waals surface area contributed by atoms with E-state index in [9.17, 15) is 9.59 Å². The minimum Gasteiger partial charge on any atom is -0.355 e. The highest BCUT2D eigenvalue weighted by Gasteiger charge is 2.14. The molecule has 0 bridgehead atoms. The van der Waals surface area contributed by atoms with Crippen molar-refractivity contribution in [2.75, 3.05) is 17.2 Å². The van der Waals surface area contributed by atoms with Crippen LogP contribution in [0, 0.1) is 5.92 Å². The zero-order chi connectivity index (χ0) is 18.1. The molecule has 132 valence electrons. The van der Waals surface area contributed by atoms with Gasteiger partial charge in [0, 0.05) is 31.1 Å². The van der Waals surface area contributed by atoms with Crippen molar-refractivity contribution in [3.63, 3.8) is 0 Å². The summed E-state index contributed by atoms with van der Waals surface area (Å²) in [4.78, 5) is 35.5. The van der Waals surface area contributed by atoms with Gasteiger partial charge in [0.25, 0.3) is 5.56 Å². The molecule has 0 spiro atoms. The first-order valence-corrected chi connectivity index (χ1v) is 8.38. The number of H-pyrrole nitrogens is 1. The fraction of sp³-hybridized carbons (Fsp3) is 0.176. The molecule has 1 amide bonds. The number of halogens is 1. The van der Waals surface area contributed by atoms with Crippen molar-refractivity contribution in [1.29, 1.82) is 0 Å². The van der Waals surface area contributed by atoms with E-state index in [1.54, 1.807) is 29.1 Å². The van der Waals surface area contributed by atoms with Crippen LogP contribution in [0.2, 0.25) is 5.02 Å². The van der Waals surface area contributed by atoms with Crippen molar-refractivity contribution in [3.05, 3.63) is 58.3 Å². The van der Waals surface area contributed by atoms with Gasteiger partial charge in [0.2, 0.25) is 11.9 Å². The first kappa shape index (κ1) is 16.3. The van der Waals surface area contributed by atoms with Gasteiger partial charge >= 0.3 is 0 Å². The molecule has 26 heavy (non-hydrogen) atoms. The van der Waals surface area contributed by atoms with Crippen LogP contribution in [-0.2, 0) is 11.3 Å². The number of fused-ring (bicyclic) bond motifs is 1. The van der Waals surface area contributed by atoms with E-state index < -0.39 is 0 Å². The Bertz CT molecular complexity index is 1060. The fourth-order valence-electron chi connectivity index (χ4n) is 2.54. The highest BCUT2D eigenvalue weighted by Crippen LogP contribution is 2.19. The summed E-state index contributed by atoms with van der Waals surface area (Å²) in [5.74, 6) is 0.502. The molecular formula is C17H15ClN6O2. The summed E-state index contributed by atoms with van der Waals surface area (Å²) < 4.78 is 1.62. The van der Waals surface area contributed by atoms with Gasteiger partial charge in [-0.1, -0.05) is 23.8 Å². The van der Waals surface area contributed by atoms with E-state index in [4.69, 9.17) is 11.6 Å². The monoisotopic (exact) mass is 370 g/mol. The molecule has 0 aliphatic heterocycles. The summed E-state index contributed by atoms with van der Waals surface area (Å²) in [6.45, 7) is 0.679. The van der Waals surface area contributed by atoms with Gasteiger partial charge < -0.3 is 15.2 Å². The average Bonchev–Trinajstić information content (AvgIpc) is 3.36. The molecule has 9 heteroatoms. The Labute approximate surface area is 152 Å². The summed E-state index contributed by atoms with van der Waals surface area (Å²) in [6.07, 6.45) is 8.77. The number of hydrogen-bond donors (Lipinski definition) is 3. The van der Waals surface area contributed by atoms with Gasteiger partial charge in [0.05, 0.1) is 16.1 Å². The molecule has 0 unspecified atom stereocenters. The number of carbonyl (C=O) groups excluding carboxylic acids is 1. The molecule has 3 aromatic heterocycles. The maximum absolute atomic E-state index is 12.3. The third-order valence-corrected chi connectivity index (χ3v) is 4.26. The summed E-state index contributed by atoms with van der Waals surface area (Å²) in [5, 5.41) is 6.59. The van der Waals surface area contributed by atoms with E-state index in [0.29, 0.717) is 40.2 Å². The number of carbonyl (C=O) groups is 1. The molecule has 0 aromatic carbocycles. The van der Waals surface area contributed by atoms with Crippen molar-refractivity contribution >= 4 is 40.2 Å². The van der Waals surface area contributed by atoms with Gasteiger partial charge in [-0.25, -0.2) is 0 Å². The van der Waals surface area contributed by atoms with Crippen LogP contribution in [0.25, 0.3) is 11.0 Å². The maximum Gasteiger partial charge on any atom is 0.261 e. The summed E-state index contributed by atoms with van der Waals surface area (Å²) >= 11 is 6.00. The number of aromatic nitrogens is 4. The molecule has 4 rings (SSSR count). The summed E-state index contributed by atoms with van der Waals surface area (Å²) in [6, 6.07) is 3.25. The highest BCUT2D eigenvalue weighted by atomic mass is 35.5. The molecule has 1 aliphatic rings. The Morgan fingerprint density at radius 3 is 2.96 bits per heavy atom. The second-order valence-corrected chi connectivity index (χ2v) is 6.34. The van der Waals surface area contributed by atoms with Gasteiger partial charge in [-0.15, -0.1) is 0 Å². The molecule has 0 atom stereocenters. The number of nitrogens with one attached hydrogen (secondary N) is 3. The van der Waals surface area contributed by atoms with E-state index in [2.05, 4.69) is 37.7 Å². The molecule has 0 saturated carbocycles. The van der Waals surface area contributed by atoms with E-state index in [1.165, 1.54) is 6.20 Å². The maximum atomic E-state index is 12.3. The summed E-state index contributed by atoms with van der Waals surface area (Å²) in [7, 11) is 0. The second kappa shape index (κ2) is 6.64. The van der Waals surface area contributed by atoms with Gasteiger partial charge in [-0.05, 0) is 12.1 Å². The smallest absolute Gasteiger partial charge is 0.261 e. The van der Waals surface area contributed by atoms with Crippen LogP contribution in [0.15, 0.2) is 47.7 Å². The molecule has 8 nitrogen and oxygen atoms in total. The van der Waals surface area contributed by atoms with Crippen LogP contribution in [0.4, 0.5) is 11.6 Å². The number of anilines is 2. The quantitative estimate of drug-likeness (QED) is 0.576. The highest BCUT2D eigenvalue weighted by molar-refractivity contribution is 6.33. The Balaban J connectivity index is 1.54. The third-order valence-electron chi connectivity index (χ3n) is 3.96. The number of pyridine rings is 1. The predicted octanol–water partition coefficient (Wildman–Crippen LogP) is 2.01. The molecule has 3 aromatic rings. The van der Waals surface area contributed by atoms with Crippen LogP contribution < -0.4 is 16.2 Å². The van der Waals surface area contributed by atoms with Crippen LogP contribution in [0.1, 0.15) is 0 Å². The normalized spacial score (nSPS) is 13.1. The van der Waals surface area contributed by atoms with Crippen molar-refractivity contribution in [1.82, 2.24) is 19.5 Å². The molecule has 0 fully saturated rings. The fourth-order valence-corrected chi connectivity index (χ4v) is 2.70. The third kappa shape index (κ3) is 3.45. The molecule has 1 aliphatic carbocycles. The average molecular weight is 371 g/mol. The minimum absolute atomic E-state index is 0.00221. The van der Waals surface area contributed by atoms with Crippen molar-refractivity contribution < 1.29 is 4.79 Å². The number of amides is 1. The van der Waals surface area contributed by atoms with Crippen molar-refractivity contribution in [2.24, 2.45) is 5.92 Å². The van der Waals surface area contributed by atoms with Gasteiger partial charge in [0.15, 0.2) is 0 Å². The zero-order valence-corrected chi connectivity index (χ0v) is 14.3. The van der Waals surface area contributed by atoms with Gasteiger partial charge in [-0.2, -0.15) is 4.98 Å². The minimum atomic E-state index is -0.283. The second-order valence-electron chi connectivity index (χ2n) is 5.93. The predicted molar refractivity (Wildman–Crippen MR) is 99.4 cm³/mol. The molecule has 3 heterocycles. The lowest BCUT2D eigenvalue weighted by Crippen LogP contribution is -2.20. The molecule has 0 radical (unpaired) electrons. The lowest BCUT2D eigenvalue weighted by Gasteiger charge is -2.09. The topological polar surface area (TPSA) is 105 Å². The lowest BCUT2D eigenvalue weighted by molar-refractivity contribution is -0.116. The SMILES string of the molecule is O=C(Cn1ccc2c(=O)[nH]c(NCC3C=C3)nc21)Nc1ccncc1Cl. The van der Waals surface area contributed by atoms with Crippen LogP contribution in [-0.4, -0.2) is 32.0 Å². The zero-order valence-electron chi connectivity index (χ0n) is 13.6. The molecule has 0 saturated heterocycles. The van der Waals surface area contributed by atoms with E-state index in [-0.39, 0.29) is 18.0 Å². The summed E-state index contributed by atoms with van der Waals surface area (Å²) in [5.41, 5.74) is 0.668. The Morgan fingerprint density at radius 2 is 2.19 bits per heavy atom. The number of hydrogen-bond acceptors (Lipinski definition) is 5. The number of aromatic amines is 1. The Morgan fingerprint density at radius 1 is 1.35 bits per heavy atom. The van der Waals surface area contributed by atoms with Crippen LogP contribution >= 0.6 is 11.6 Å². The van der Waals surface area contributed by atoms with Crippen molar-refractivity contribution in [3.8, 4) is 0 Å². The molecule has 3 N–H and O–H groups in total. The van der Waals surface area contributed by atoms with Crippen molar-refractivity contribution in [2.45, 2.75) is 6.54 Å². The van der Waals surface area contributed by atoms with Crippen LogP contribution in [0.3, 0.4) is 0 Å². The van der Waals surface area contributed by atoms with Gasteiger partial charge in [0.1, 0.15) is 12.2 Å². The van der Waals surface area contributed by atoms with E-state index >= 15 is 0 Å². The lowest BCUT2D eigenvalue weighted by atomic mass is 10.4. The number of rotatable bonds is 6. The number of nitrogens with zero attached hydrogens (tertiary/aromatic N) is 3. The first-order chi connectivity index (χ1) is 12.6. The van der Waals surface area contributed by atoms with Crippen LogP contribution in [0.5, 0.6) is 0 Å². The van der Waals surface area contributed by atoms with E-state index in [1.807, 2.05) is 0 Å². The van der Waals surface area contributed by atoms with Gasteiger partial charge in [-0.3, -0.25) is 19.6 Å². The Kier molecular flexibility index (Phi) is 4.18. The largest absolute Gasteiger partial charge is 0.355 e. The molecular weight excluding hydrogens is 356 g/mol.